The van der Waals surface area contributed by atoms with Crippen LogP contribution in [0.2, 0.25) is 0 Å². The summed E-state index contributed by atoms with van der Waals surface area (Å²) in [7, 11) is 0. The van der Waals surface area contributed by atoms with E-state index in [1.807, 2.05) is 0 Å². The number of nitrogens with one attached hydrogen (secondary N) is 1. The molecule has 0 fully saturated rings. The van der Waals surface area contributed by atoms with Gasteiger partial charge in [0.15, 0.2) is 5.78 Å². The fraction of sp³-hybridized carbons (Fsp3) is 0.167. The number of allylic oxidation sites excluding steroid dienone is 2. The molecule has 6 heteroatoms. The van der Waals surface area contributed by atoms with Crippen LogP contribution in [0, 0.1) is 5.41 Å². The van der Waals surface area contributed by atoms with E-state index in [9.17, 15) is 9.59 Å². The van der Waals surface area contributed by atoms with E-state index in [1.165, 1.54) is 0 Å². The highest BCUT2D eigenvalue weighted by atomic mass is 79.9. The van der Waals surface area contributed by atoms with Crippen molar-refractivity contribution in [3.8, 4) is 0 Å². The Morgan fingerprint density at radius 1 is 1.42 bits per heavy atom. The number of hydrogen-bond acceptors (Lipinski definition) is 3. The maximum absolute atomic E-state index is 11.2. The van der Waals surface area contributed by atoms with Gasteiger partial charge in [-0.2, -0.15) is 0 Å². The van der Waals surface area contributed by atoms with Crippen LogP contribution in [0.25, 0.3) is 0 Å². The molecule has 1 aliphatic carbocycles. The lowest BCUT2D eigenvalue weighted by atomic mass is 10.0. The number of carbonyl (C=O) groups excluding carboxylic acids is 2. The molecular formula is C6H2Br2ClNO2. The van der Waals surface area contributed by atoms with Crippen LogP contribution in [0.1, 0.15) is 0 Å². The number of Topliss-reactive ketones (excluding diaryl/α,β-unsaturated/α-hetero) is 2. The van der Waals surface area contributed by atoms with Crippen LogP contribution in [-0.2, 0) is 9.59 Å². The van der Waals surface area contributed by atoms with Gasteiger partial charge in [-0.05, 0) is 15.9 Å². The molecule has 0 spiro atoms. The Kier molecular flexibility index (Phi) is 2.85. The molecule has 0 amide bonds. The van der Waals surface area contributed by atoms with Crippen molar-refractivity contribution >= 4 is 60.7 Å². The maximum atomic E-state index is 11.2. The van der Waals surface area contributed by atoms with Crippen molar-refractivity contribution in [1.29, 1.82) is 5.41 Å². The Morgan fingerprint density at radius 2 is 1.92 bits per heavy atom. The molecule has 1 atom stereocenters. The molecule has 64 valence electrons. The molecule has 0 saturated heterocycles. The van der Waals surface area contributed by atoms with E-state index < -0.39 is 16.4 Å². The molecular weight excluding hydrogens is 313 g/mol. The highest BCUT2D eigenvalue weighted by Gasteiger charge is 2.36. The number of rotatable bonds is 0. The molecule has 0 bridgehead atoms. The van der Waals surface area contributed by atoms with Gasteiger partial charge in [0.05, 0.1) is 4.48 Å². The zero-order valence-corrected chi connectivity index (χ0v) is 9.46. The Morgan fingerprint density at radius 3 is 2.42 bits per heavy atom. The predicted molar refractivity (Wildman–Crippen MR) is 52.3 cm³/mol. The standard InChI is InChI=1S/C6H2Br2ClNO2/c7-1-3(9)6(12)4(10)2(8)5(1)11/h2,10H. The molecule has 0 saturated carbocycles. The van der Waals surface area contributed by atoms with E-state index in [1.54, 1.807) is 0 Å². The molecule has 0 radical (unpaired) electrons. The number of carbonyl (C=O) groups is 2. The smallest absolute Gasteiger partial charge is 0.220 e. The first kappa shape index (κ1) is 10.1. The third-order valence-electron chi connectivity index (χ3n) is 1.34. The molecule has 0 aromatic heterocycles. The van der Waals surface area contributed by atoms with Crippen LogP contribution in [0.15, 0.2) is 9.51 Å². The van der Waals surface area contributed by atoms with Gasteiger partial charge < -0.3 is 0 Å². The third kappa shape index (κ3) is 1.41. The minimum absolute atomic E-state index is 0.0343. The molecule has 0 heterocycles. The van der Waals surface area contributed by atoms with Crippen molar-refractivity contribution in [2.45, 2.75) is 4.83 Å². The van der Waals surface area contributed by atoms with E-state index >= 15 is 0 Å². The number of alkyl halides is 1. The van der Waals surface area contributed by atoms with Crippen molar-refractivity contribution < 1.29 is 9.59 Å². The Labute approximate surface area is 89.9 Å². The van der Waals surface area contributed by atoms with Gasteiger partial charge in [0.2, 0.25) is 5.78 Å². The summed E-state index contributed by atoms with van der Waals surface area (Å²) < 4.78 is 0.0343. The van der Waals surface area contributed by atoms with Crippen molar-refractivity contribution in [3.63, 3.8) is 0 Å². The summed E-state index contributed by atoms with van der Waals surface area (Å²) in [5.41, 5.74) is -0.326. The van der Waals surface area contributed by atoms with Crippen molar-refractivity contribution in [1.82, 2.24) is 0 Å². The summed E-state index contributed by atoms with van der Waals surface area (Å²) in [6.45, 7) is 0. The number of hydrogen-bond donors (Lipinski definition) is 1. The first-order valence-electron chi connectivity index (χ1n) is 2.83. The molecule has 12 heavy (non-hydrogen) atoms. The minimum atomic E-state index is -0.873. The molecule has 1 unspecified atom stereocenters. The zero-order valence-electron chi connectivity index (χ0n) is 5.53. The van der Waals surface area contributed by atoms with Gasteiger partial charge in [-0.15, -0.1) is 0 Å². The average molecular weight is 315 g/mol. The second-order valence-corrected chi connectivity index (χ2v) is 4.18. The van der Waals surface area contributed by atoms with Crippen LogP contribution in [0.5, 0.6) is 0 Å². The van der Waals surface area contributed by atoms with E-state index in [0.29, 0.717) is 0 Å². The lowest BCUT2D eigenvalue weighted by Crippen LogP contribution is -2.35. The van der Waals surface area contributed by atoms with Gasteiger partial charge in [0.1, 0.15) is 15.6 Å². The van der Waals surface area contributed by atoms with Gasteiger partial charge in [0, 0.05) is 0 Å². The topological polar surface area (TPSA) is 58.0 Å². The van der Waals surface area contributed by atoms with Crippen molar-refractivity contribution in [3.05, 3.63) is 9.51 Å². The quantitative estimate of drug-likeness (QED) is 0.693. The lowest BCUT2D eigenvalue weighted by Gasteiger charge is -2.15. The molecule has 0 aromatic carbocycles. The van der Waals surface area contributed by atoms with Crippen molar-refractivity contribution in [2.75, 3.05) is 0 Å². The number of ketones is 2. The molecule has 1 rings (SSSR count). The summed E-state index contributed by atoms with van der Waals surface area (Å²) >= 11 is 11.3. The lowest BCUT2D eigenvalue weighted by molar-refractivity contribution is -0.115. The maximum Gasteiger partial charge on any atom is 0.220 e. The molecule has 1 aliphatic rings. The van der Waals surface area contributed by atoms with Crippen LogP contribution in [0.4, 0.5) is 0 Å². The molecule has 3 nitrogen and oxygen atoms in total. The normalized spacial score (nSPS) is 25.2. The SMILES string of the molecule is N=C1C(=O)C(Cl)=C(Br)C(=O)C1Br. The van der Waals surface area contributed by atoms with E-state index in [2.05, 4.69) is 31.9 Å². The minimum Gasteiger partial charge on any atom is -0.300 e. The van der Waals surface area contributed by atoms with Crippen LogP contribution < -0.4 is 0 Å². The fourth-order valence-electron chi connectivity index (χ4n) is 0.684. The highest BCUT2D eigenvalue weighted by molar-refractivity contribution is 9.12. The summed E-state index contributed by atoms with van der Waals surface area (Å²) in [6, 6.07) is 0. The van der Waals surface area contributed by atoms with Crippen molar-refractivity contribution in [2.24, 2.45) is 0 Å². The fourth-order valence-corrected chi connectivity index (χ4v) is 2.03. The van der Waals surface area contributed by atoms with E-state index in [0.717, 1.165) is 0 Å². The predicted octanol–water partition coefficient (Wildman–Crippen LogP) is 1.77. The molecule has 0 aromatic rings. The highest BCUT2D eigenvalue weighted by Crippen LogP contribution is 2.28. The monoisotopic (exact) mass is 313 g/mol. The van der Waals surface area contributed by atoms with Gasteiger partial charge in [-0.25, -0.2) is 0 Å². The largest absolute Gasteiger partial charge is 0.300 e. The van der Waals surface area contributed by atoms with Gasteiger partial charge in [0.25, 0.3) is 0 Å². The second kappa shape index (κ2) is 3.40. The van der Waals surface area contributed by atoms with Crippen LogP contribution in [0.3, 0.4) is 0 Å². The zero-order chi connectivity index (χ0) is 9.46. The second-order valence-electron chi connectivity index (χ2n) is 2.10. The van der Waals surface area contributed by atoms with Gasteiger partial charge in [-0.3, -0.25) is 15.0 Å². The van der Waals surface area contributed by atoms with E-state index in [-0.39, 0.29) is 15.2 Å². The number of halogens is 3. The summed E-state index contributed by atoms with van der Waals surface area (Å²) in [4.78, 5) is 21.4. The van der Waals surface area contributed by atoms with E-state index in [4.69, 9.17) is 17.0 Å². The average Bonchev–Trinajstić information content (AvgIpc) is 2.08. The molecule has 0 aliphatic heterocycles. The third-order valence-corrected chi connectivity index (χ3v) is 3.59. The molecule has 1 N–H and O–H groups in total. The Balaban J connectivity index is 3.27. The summed E-state index contributed by atoms with van der Waals surface area (Å²) in [6.07, 6.45) is 0. The van der Waals surface area contributed by atoms with Crippen LogP contribution >= 0.6 is 43.5 Å². The van der Waals surface area contributed by atoms with Gasteiger partial charge in [-0.1, -0.05) is 27.5 Å². The summed E-state index contributed by atoms with van der Waals surface area (Å²) in [5, 5.41) is 6.97. The summed E-state index contributed by atoms with van der Waals surface area (Å²) in [5.74, 6) is -1.02. The van der Waals surface area contributed by atoms with Gasteiger partial charge >= 0.3 is 0 Å². The first-order valence-corrected chi connectivity index (χ1v) is 4.92. The Hall–Kier alpha value is -0.0000000000000000555. The Bertz CT molecular complexity index is 324. The first-order chi connectivity index (χ1) is 5.46. The van der Waals surface area contributed by atoms with Crippen LogP contribution in [-0.4, -0.2) is 22.1 Å².